The van der Waals surface area contributed by atoms with Gasteiger partial charge in [-0.2, -0.15) is 0 Å². The minimum absolute atomic E-state index is 0.00566. The average molecular weight is 352 g/mol. The molecule has 2 aromatic heterocycles. The van der Waals surface area contributed by atoms with Gasteiger partial charge in [0.1, 0.15) is 0 Å². The monoisotopic (exact) mass is 352 g/mol. The van der Waals surface area contributed by atoms with Crippen molar-refractivity contribution in [2.24, 2.45) is 5.92 Å². The topological polar surface area (TPSA) is 66.9 Å². The van der Waals surface area contributed by atoms with Gasteiger partial charge < -0.3 is 10.6 Å². The van der Waals surface area contributed by atoms with Gasteiger partial charge in [0, 0.05) is 36.9 Å². The molecule has 0 bridgehead atoms. The van der Waals surface area contributed by atoms with Crippen LogP contribution in [0, 0.1) is 26.7 Å². The summed E-state index contributed by atoms with van der Waals surface area (Å²) in [5.74, 6) is 0.650. The minimum Gasteiger partial charge on any atom is -0.384 e. The average Bonchev–Trinajstić information content (AvgIpc) is 2.63. The summed E-state index contributed by atoms with van der Waals surface area (Å²) in [7, 11) is 0. The van der Waals surface area contributed by atoms with Gasteiger partial charge in [-0.3, -0.25) is 14.8 Å². The number of carbonyl (C=O) groups is 1. The lowest BCUT2D eigenvalue weighted by molar-refractivity contribution is 0.0921. The molecule has 3 rings (SSSR count). The third-order valence-electron chi connectivity index (χ3n) is 5.12. The Morgan fingerprint density at radius 1 is 1.04 bits per heavy atom. The molecular weight excluding hydrogens is 324 g/mol. The fourth-order valence-corrected chi connectivity index (χ4v) is 3.56. The van der Waals surface area contributed by atoms with E-state index in [1.165, 1.54) is 5.56 Å². The minimum atomic E-state index is 0.00566. The predicted molar refractivity (Wildman–Crippen MR) is 104 cm³/mol. The molecule has 1 aliphatic carbocycles. The Labute approximate surface area is 155 Å². The van der Waals surface area contributed by atoms with E-state index in [4.69, 9.17) is 0 Å². The van der Waals surface area contributed by atoms with Gasteiger partial charge in [0.05, 0.1) is 11.3 Å². The van der Waals surface area contributed by atoms with Gasteiger partial charge in [-0.25, -0.2) is 0 Å². The highest BCUT2D eigenvalue weighted by atomic mass is 16.1. The summed E-state index contributed by atoms with van der Waals surface area (Å²) >= 11 is 0. The van der Waals surface area contributed by atoms with Crippen LogP contribution in [0.2, 0.25) is 0 Å². The summed E-state index contributed by atoms with van der Waals surface area (Å²) in [5, 5.41) is 6.69. The highest BCUT2D eigenvalue weighted by molar-refractivity contribution is 5.95. The first kappa shape index (κ1) is 18.4. The quantitative estimate of drug-likeness (QED) is 0.859. The first-order chi connectivity index (χ1) is 12.5. The smallest absolute Gasteiger partial charge is 0.253 e. The summed E-state index contributed by atoms with van der Waals surface area (Å²) < 4.78 is 0. The molecule has 138 valence electrons. The van der Waals surface area contributed by atoms with E-state index in [2.05, 4.69) is 33.6 Å². The number of aromatic nitrogens is 2. The van der Waals surface area contributed by atoms with Gasteiger partial charge >= 0.3 is 0 Å². The molecule has 0 atom stereocenters. The first-order valence-corrected chi connectivity index (χ1v) is 9.41. The van der Waals surface area contributed by atoms with E-state index in [1.54, 1.807) is 6.20 Å². The van der Waals surface area contributed by atoms with Crippen LogP contribution in [0.1, 0.15) is 52.9 Å². The van der Waals surface area contributed by atoms with E-state index in [9.17, 15) is 4.79 Å². The van der Waals surface area contributed by atoms with Crippen LogP contribution in [0.25, 0.3) is 0 Å². The number of hydrogen-bond acceptors (Lipinski definition) is 4. The Hall–Kier alpha value is -2.43. The van der Waals surface area contributed by atoms with Crippen molar-refractivity contribution in [1.82, 2.24) is 15.3 Å². The number of rotatable bonds is 5. The maximum atomic E-state index is 12.5. The Morgan fingerprint density at radius 3 is 2.50 bits per heavy atom. The maximum absolute atomic E-state index is 12.5. The molecular formula is C21H28N4O. The molecule has 0 spiro atoms. The molecule has 5 nitrogen and oxygen atoms in total. The van der Waals surface area contributed by atoms with Gasteiger partial charge in [-0.1, -0.05) is 0 Å². The lowest BCUT2D eigenvalue weighted by atomic mass is 9.86. The van der Waals surface area contributed by atoms with E-state index >= 15 is 0 Å². The molecule has 0 radical (unpaired) electrons. The fourth-order valence-electron chi connectivity index (χ4n) is 3.56. The number of pyridine rings is 2. The number of aryl methyl sites for hydroxylation is 3. The van der Waals surface area contributed by atoms with Gasteiger partial charge in [0.15, 0.2) is 0 Å². The van der Waals surface area contributed by atoms with E-state index in [-0.39, 0.29) is 11.9 Å². The summed E-state index contributed by atoms with van der Waals surface area (Å²) in [6.07, 6.45) is 9.85. The molecule has 1 fully saturated rings. The molecule has 2 heterocycles. The van der Waals surface area contributed by atoms with Crippen molar-refractivity contribution < 1.29 is 4.79 Å². The lowest BCUT2D eigenvalue weighted by Crippen LogP contribution is -2.38. The van der Waals surface area contributed by atoms with Crippen LogP contribution in [0.4, 0.5) is 5.69 Å². The highest BCUT2D eigenvalue weighted by Crippen LogP contribution is 2.25. The Morgan fingerprint density at radius 2 is 1.77 bits per heavy atom. The lowest BCUT2D eigenvalue weighted by Gasteiger charge is -2.29. The van der Waals surface area contributed by atoms with E-state index in [0.717, 1.165) is 49.2 Å². The standard InChI is InChI=1S/C21H28N4O/c1-14-8-19(13-22-10-14)24-12-17-4-6-18(7-5-17)25-21(26)20-9-15(2)11-23-16(20)3/h8-11,13,17-18,24H,4-7,12H2,1-3H3,(H,25,26)/t17-,18-. The van der Waals surface area contributed by atoms with Crippen molar-refractivity contribution in [2.45, 2.75) is 52.5 Å². The van der Waals surface area contributed by atoms with Crippen molar-refractivity contribution in [1.29, 1.82) is 0 Å². The number of carbonyl (C=O) groups excluding carboxylic acids is 1. The molecule has 2 N–H and O–H groups in total. The van der Waals surface area contributed by atoms with Gasteiger partial charge in [0.25, 0.3) is 5.91 Å². The second-order valence-electron chi connectivity index (χ2n) is 7.47. The molecule has 0 aromatic carbocycles. The summed E-state index contributed by atoms with van der Waals surface area (Å²) in [5.41, 5.74) is 4.75. The van der Waals surface area contributed by atoms with Crippen molar-refractivity contribution in [3.63, 3.8) is 0 Å². The Balaban J connectivity index is 1.46. The van der Waals surface area contributed by atoms with Crippen LogP contribution in [0.3, 0.4) is 0 Å². The van der Waals surface area contributed by atoms with E-state index in [0.29, 0.717) is 11.5 Å². The van der Waals surface area contributed by atoms with Gasteiger partial charge in [-0.15, -0.1) is 0 Å². The molecule has 0 unspecified atom stereocenters. The van der Waals surface area contributed by atoms with Gasteiger partial charge in [-0.05, 0) is 75.6 Å². The first-order valence-electron chi connectivity index (χ1n) is 9.41. The molecule has 0 aliphatic heterocycles. The molecule has 2 aromatic rings. The SMILES string of the molecule is Cc1cncc(NC[C@H]2CC[C@H](NC(=O)c3cc(C)cnc3C)CC2)c1. The number of amides is 1. The molecule has 1 amide bonds. The van der Waals surface area contributed by atoms with Crippen LogP contribution < -0.4 is 10.6 Å². The van der Waals surface area contributed by atoms with E-state index in [1.807, 2.05) is 32.3 Å². The summed E-state index contributed by atoms with van der Waals surface area (Å²) in [6, 6.07) is 4.31. The van der Waals surface area contributed by atoms with Crippen LogP contribution >= 0.6 is 0 Å². The predicted octanol–water partition coefficient (Wildman–Crippen LogP) is 3.80. The number of nitrogens with one attached hydrogen (secondary N) is 2. The fraction of sp³-hybridized carbons (Fsp3) is 0.476. The second-order valence-corrected chi connectivity index (χ2v) is 7.47. The summed E-state index contributed by atoms with van der Waals surface area (Å²) in [4.78, 5) is 21.0. The normalized spacial score (nSPS) is 19.8. The van der Waals surface area contributed by atoms with Crippen LogP contribution in [0.5, 0.6) is 0 Å². The third-order valence-corrected chi connectivity index (χ3v) is 5.12. The van der Waals surface area contributed by atoms with Gasteiger partial charge in [0.2, 0.25) is 0 Å². The zero-order valence-electron chi connectivity index (χ0n) is 15.9. The molecule has 1 saturated carbocycles. The maximum Gasteiger partial charge on any atom is 0.253 e. The van der Waals surface area contributed by atoms with E-state index < -0.39 is 0 Å². The van der Waals surface area contributed by atoms with Crippen LogP contribution in [0.15, 0.2) is 30.7 Å². The zero-order valence-corrected chi connectivity index (χ0v) is 15.9. The summed E-state index contributed by atoms with van der Waals surface area (Å²) in [6.45, 7) is 6.87. The second kappa shape index (κ2) is 8.30. The van der Waals surface area contributed by atoms with Crippen molar-refractivity contribution in [2.75, 3.05) is 11.9 Å². The number of anilines is 1. The molecule has 1 aliphatic rings. The largest absolute Gasteiger partial charge is 0.384 e. The molecule has 26 heavy (non-hydrogen) atoms. The molecule has 0 saturated heterocycles. The van der Waals surface area contributed by atoms with Crippen LogP contribution in [-0.2, 0) is 0 Å². The Bertz CT molecular complexity index is 766. The van der Waals surface area contributed by atoms with Crippen LogP contribution in [-0.4, -0.2) is 28.5 Å². The molecule has 5 heteroatoms. The van der Waals surface area contributed by atoms with Crippen molar-refractivity contribution in [3.8, 4) is 0 Å². The zero-order chi connectivity index (χ0) is 18.5. The van der Waals surface area contributed by atoms with Crippen molar-refractivity contribution >= 4 is 11.6 Å². The Kier molecular flexibility index (Phi) is 5.86. The number of nitrogens with zero attached hydrogens (tertiary/aromatic N) is 2. The van der Waals surface area contributed by atoms with Crippen molar-refractivity contribution in [3.05, 3.63) is 53.1 Å². The number of hydrogen-bond donors (Lipinski definition) is 2. The third kappa shape index (κ3) is 4.81. The highest BCUT2D eigenvalue weighted by Gasteiger charge is 2.23.